The van der Waals surface area contributed by atoms with Gasteiger partial charge in [0.15, 0.2) is 0 Å². The van der Waals surface area contributed by atoms with E-state index in [1.165, 1.54) is 0 Å². The molecule has 0 aliphatic rings. The first-order valence-corrected chi connectivity index (χ1v) is 6.74. The molecule has 2 aromatic rings. The Bertz CT molecular complexity index is 583. The van der Waals surface area contributed by atoms with E-state index in [0.717, 1.165) is 17.1 Å². The fraction of sp³-hybridized carbons (Fsp3) is 0.167. The topological polar surface area (TPSA) is 39.2 Å². The van der Waals surface area contributed by atoms with Crippen LogP contribution in [0.4, 0.5) is 0 Å². The monoisotopic (exact) mass is 301 g/mol. The summed E-state index contributed by atoms with van der Waals surface area (Å²) >= 11 is 13.0. The molecule has 1 aromatic carbocycles. The van der Waals surface area contributed by atoms with Gasteiger partial charge in [-0.1, -0.05) is 23.2 Å². The Labute approximate surface area is 118 Å². The molecule has 0 radical (unpaired) electrons. The van der Waals surface area contributed by atoms with Crippen molar-refractivity contribution in [2.45, 2.75) is 6.92 Å². The lowest BCUT2D eigenvalue weighted by atomic mass is 10.1. The van der Waals surface area contributed by atoms with Crippen LogP contribution in [0.3, 0.4) is 0 Å². The van der Waals surface area contributed by atoms with Crippen molar-refractivity contribution in [1.29, 1.82) is 0 Å². The molecule has 0 N–H and O–H groups in total. The molecule has 0 bridgehead atoms. The number of halogens is 2. The van der Waals surface area contributed by atoms with Gasteiger partial charge in [-0.15, -0.1) is 0 Å². The van der Waals surface area contributed by atoms with Gasteiger partial charge >= 0.3 is 5.97 Å². The highest BCUT2D eigenvalue weighted by Crippen LogP contribution is 2.31. The molecule has 1 aromatic heterocycles. The highest BCUT2D eigenvalue weighted by molar-refractivity contribution is 7.08. The molecule has 2 rings (SSSR count). The average Bonchev–Trinajstić information content (AvgIpc) is 2.78. The van der Waals surface area contributed by atoms with Gasteiger partial charge in [0, 0.05) is 10.6 Å². The first-order chi connectivity index (χ1) is 8.61. The van der Waals surface area contributed by atoms with Crippen LogP contribution in [0.2, 0.25) is 10.0 Å². The van der Waals surface area contributed by atoms with E-state index < -0.39 is 0 Å². The molecule has 0 unspecified atom stereocenters. The zero-order chi connectivity index (χ0) is 13.1. The van der Waals surface area contributed by atoms with Crippen LogP contribution < -0.4 is 0 Å². The number of aromatic nitrogens is 1. The van der Waals surface area contributed by atoms with E-state index in [4.69, 9.17) is 27.9 Å². The minimum absolute atomic E-state index is 0.341. The third kappa shape index (κ3) is 2.83. The van der Waals surface area contributed by atoms with Crippen LogP contribution in [-0.4, -0.2) is 16.9 Å². The van der Waals surface area contributed by atoms with E-state index in [-0.39, 0.29) is 5.97 Å². The van der Waals surface area contributed by atoms with Crippen molar-refractivity contribution in [3.05, 3.63) is 39.2 Å². The molecule has 0 atom stereocenters. The van der Waals surface area contributed by atoms with Gasteiger partial charge in [-0.2, -0.15) is 4.37 Å². The van der Waals surface area contributed by atoms with Crippen LogP contribution >= 0.6 is 34.7 Å². The predicted octanol–water partition coefficient (Wildman–Crippen LogP) is 4.29. The number of hydrogen-bond donors (Lipinski definition) is 0. The molecule has 0 saturated carbocycles. The van der Waals surface area contributed by atoms with Crippen molar-refractivity contribution in [3.63, 3.8) is 0 Å². The van der Waals surface area contributed by atoms with Crippen molar-refractivity contribution in [3.8, 4) is 11.3 Å². The second-order valence-electron chi connectivity index (χ2n) is 3.42. The van der Waals surface area contributed by atoms with Crippen LogP contribution in [0.1, 0.15) is 16.6 Å². The molecule has 0 spiro atoms. The lowest BCUT2D eigenvalue weighted by Gasteiger charge is -2.00. The van der Waals surface area contributed by atoms with Gasteiger partial charge in [-0.05, 0) is 42.7 Å². The molecule has 94 valence electrons. The average molecular weight is 302 g/mol. The Morgan fingerprint density at radius 3 is 2.83 bits per heavy atom. The van der Waals surface area contributed by atoms with Crippen molar-refractivity contribution in [2.75, 3.05) is 6.61 Å². The van der Waals surface area contributed by atoms with Crippen molar-refractivity contribution in [1.82, 2.24) is 4.37 Å². The third-order valence-electron chi connectivity index (χ3n) is 2.19. The van der Waals surface area contributed by atoms with Gasteiger partial charge in [-0.3, -0.25) is 0 Å². The molecule has 18 heavy (non-hydrogen) atoms. The molecule has 1 heterocycles. The predicted molar refractivity (Wildman–Crippen MR) is 73.5 cm³/mol. The first-order valence-electron chi connectivity index (χ1n) is 5.21. The van der Waals surface area contributed by atoms with E-state index >= 15 is 0 Å². The van der Waals surface area contributed by atoms with E-state index in [9.17, 15) is 4.79 Å². The number of esters is 1. The summed E-state index contributed by atoms with van der Waals surface area (Å²) in [5.41, 5.74) is 1.39. The fourth-order valence-corrected chi connectivity index (χ4v) is 2.55. The molecular formula is C12H9Cl2NO2S. The van der Waals surface area contributed by atoms with Gasteiger partial charge in [0.2, 0.25) is 0 Å². The zero-order valence-electron chi connectivity index (χ0n) is 9.44. The standard InChI is InChI=1S/C12H9Cl2NO2S/c1-2-17-12(16)11-6-10(15-18-11)8-4-3-7(13)5-9(8)14/h3-6H,2H2,1H3. The Hall–Kier alpha value is -1.10. The van der Waals surface area contributed by atoms with E-state index in [1.54, 1.807) is 31.2 Å². The van der Waals surface area contributed by atoms with Gasteiger partial charge in [0.1, 0.15) is 4.88 Å². The zero-order valence-corrected chi connectivity index (χ0v) is 11.8. The number of ether oxygens (including phenoxy) is 1. The maximum Gasteiger partial charge on any atom is 0.349 e. The van der Waals surface area contributed by atoms with Crippen molar-refractivity contribution >= 4 is 40.7 Å². The van der Waals surface area contributed by atoms with Crippen molar-refractivity contribution < 1.29 is 9.53 Å². The maximum absolute atomic E-state index is 11.5. The van der Waals surface area contributed by atoms with Gasteiger partial charge in [0.05, 0.1) is 17.3 Å². The second kappa shape index (κ2) is 5.69. The van der Waals surface area contributed by atoms with Crippen molar-refractivity contribution in [2.24, 2.45) is 0 Å². The molecule has 0 aliphatic carbocycles. The van der Waals surface area contributed by atoms with E-state index in [2.05, 4.69) is 4.37 Å². The minimum atomic E-state index is -0.369. The fourth-order valence-electron chi connectivity index (χ4n) is 1.40. The largest absolute Gasteiger partial charge is 0.462 e. The highest BCUT2D eigenvalue weighted by Gasteiger charge is 2.14. The van der Waals surface area contributed by atoms with Crippen LogP contribution in [0, 0.1) is 0 Å². The number of hydrogen-bond acceptors (Lipinski definition) is 4. The summed E-state index contributed by atoms with van der Waals surface area (Å²) in [6.07, 6.45) is 0. The summed E-state index contributed by atoms with van der Waals surface area (Å²) in [5.74, 6) is -0.369. The first kappa shape index (κ1) is 13.3. The van der Waals surface area contributed by atoms with Gasteiger partial charge in [-0.25, -0.2) is 4.79 Å². The summed E-state index contributed by atoms with van der Waals surface area (Å²) in [4.78, 5) is 12.0. The van der Waals surface area contributed by atoms with Crippen LogP contribution in [0.15, 0.2) is 24.3 Å². The minimum Gasteiger partial charge on any atom is -0.462 e. The Kier molecular flexibility index (Phi) is 4.22. The number of rotatable bonds is 3. The molecule has 3 nitrogen and oxygen atoms in total. The lowest BCUT2D eigenvalue weighted by Crippen LogP contribution is -2.01. The molecule has 0 aliphatic heterocycles. The van der Waals surface area contributed by atoms with E-state index in [0.29, 0.717) is 27.2 Å². The molecule has 0 fully saturated rings. The maximum atomic E-state index is 11.5. The SMILES string of the molecule is CCOC(=O)c1cc(-c2ccc(Cl)cc2Cl)ns1. The third-order valence-corrected chi connectivity index (χ3v) is 3.51. The summed E-state index contributed by atoms with van der Waals surface area (Å²) in [6.45, 7) is 2.10. The number of carbonyl (C=O) groups excluding carboxylic acids is 1. The number of nitrogens with zero attached hydrogens (tertiary/aromatic N) is 1. The second-order valence-corrected chi connectivity index (χ2v) is 5.07. The molecule has 0 saturated heterocycles. The normalized spacial score (nSPS) is 10.4. The Morgan fingerprint density at radius 2 is 2.17 bits per heavy atom. The summed E-state index contributed by atoms with van der Waals surface area (Å²) in [5, 5.41) is 1.06. The van der Waals surface area contributed by atoms with Gasteiger partial charge < -0.3 is 4.74 Å². The summed E-state index contributed by atoms with van der Waals surface area (Å²) in [6, 6.07) is 6.81. The molecular weight excluding hydrogens is 293 g/mol. The number of benzene rings is 1. The van der Waals surface area contributed by atoms with Crippen LogP contribution in [0.25, 0.3) is 11.3 Å². The van der Waals surface area contributed by atoms with Crippen LogP contribution in [0.5, 0.6) is 0 Å². The highest BCUT2D eigenvalue weighted by atomic mass is 35.5. The van der Waals surface area contributed by atoms with Crippen LogP contribution in [-0.2, 0) is 4.74 Å². The lowest BCUT2D eigenvalue weighted by molar-refractivity contribution is 0.0532. The number of carbonyl (C=O) groups is 1. The van der Waals surface area contributed by atoms with Gasteiger partial charge in [0.25, 0.3) is 0 Å². The summed E-state index contributed by atoms with van der Waals surface area (Å²) in [7, 11) is 0. The van der Waals surface area contributed by atoms with E-state index in [1.807, 2.05) is 0 Å². The smallest absolute Gasteiger partial charge is 0.349 e. The summed E-state index contributed by atoms with van der Waals surface area (Å²) < 4.78 is 9.10. The Morgan fingerprint density at radius 1 is 1.39 bits per heavy atom. The quantitative estimate of drug-likeness (QED) is 0.794. The molecule has 6 heteroatoms. The molecule has 0 amide bonds. The Balaban J connectivity index is 2.32.